The molecule has 6 nitrogen and oxygen atoms in total. The topological polar surface area (TPSA) is 81.5 Å². The van der Waals surface area contributed by atoms with Crippen molar-refractivity contribution in [3.05, 3.63) is 64.2 Å². The third kappa shape index (κ3) is 4.69. The highest BCUT2D eigenvalue weighted by molar-refractivity contribution is 5.96. The van der Waals surface area contributed by atoms with Crippen LogP contribution in [0.5, 0.6) is 5.75 Å². The number of nitrogens with zero attached hydrogens (tertiary/aromatic N) is 1. The van der Waals surface area contributed by atoms with Gasteiger partial charge in [0.2, 0.25) is 0 Å². The van der Waals surface area contributed by atoms with E-state index in [2.05, 4.69) is 5.32 Å². The maximum atomic E-state index is 12.5. The summed E-state index contributed by atoms with van der Waals surface area (Å²) in [4.78, 5) is 22.3. The molecule has 0 saturated heterocycles. The van der Waals surface area contributed by atoms with E-state index >= 15 is 0 Å². The second kappa shape index (κ2) is 7.20. The van der Waals surface area contributed by atoms with Gasteiger partial charge in [0, 0.05) is 6.07 Å². The summed E-state index contributed by atoms with van der Waals surface area (Å²) in [5, 5.41) is 13.3. The lowest BCUT2D eigenvalue weighted by Gasteiger charge is -2.15. The fourth-order valence-electron chi connectivity index (χ4n) is 1.95. The molecule has 0 bridgehead atoms. The highest BCUT2D eigenvalue weighted by Gasteiger charge is 2.30. The van der Waals surface area contributed by atoms with Gasteiger partial charge in [-0.25, -0.2) is 0 Å². The summed E-state index contributed by atoms with van der Waals surface area (Å²) < 4.78 is 42.8. The van der Waals surface area contributed by atoms with Gasteiger partial charge in [0.1, 0.15) is 11.4 Å². The number of hydrogen-bond acceptors (Lipinski definition) is 4. The number of ether oxygens (including phenoxy) is 1. The monoisotopic (exact) mass is 354 g/mol. The van der Waals surface area contributed by atoms with Gasteiger partial charge in [0.25, 0.3) is 11.6 Å². The average molecular weight is 354 g/mol. The van der Waals surface area contributed by atoms with Gasteiger partial charge in [-0.1, -0.05) is 12.1 Å². The summed E-state index contributed by atoms with van der Waals surface area (Å²) in [6, 6.07) is 9.43. The molecule has 0 spiro atoms. The van der Waals surface area contributed by atoms with E-state index in [9.17, 15) is 28.1 Å². The molecule has 2 aromatic carbocycles. The zero-order valence-corrected chi connectivity index (χ0v) is 12.9. The smallest absolute Gasteiger partial charge is 0.416 e. The first-order chi connectivity index (χ1) is 11.7. The lowest BCUT2D eigenvalue weighted by atomic mass is 10.2. The number of hydrogen-bond donors (Lipinski definition) is 1. The first kappa shape index (κ1) is 18.2. The quantitative estimate of drug-likeness (QED) is 0.649. The molecule has 0 aliphatic rings. The lowest BCUT2D eigenvalue weighted by Crippen LogP contribution is -2.30. The van der Waals surface area contributed by atoms with Crippen molar-refractivity contribution in [3.8, 4) is 5.75 Å². The Morgan fingerprint density at radius 2 is 1.76 bits per heavy atom. The summed E-state index contributed by atoms with van der Waals surface area (Å²) in [6.07, 6.45) is -5.54. The maximum Gasteiger partial charge on any atom is 0.416 e. The highest BCUT2D eigenvalue weighted by Crippen LogP contribution is 2.30. The van der Waals surface area contributed by atoms with Crippen LogP contribution in [0.3, 0.4) is 0 Å². The van der Waals surface area contributed by atoms with Gasteiger partial charge in [-0.15, -0.1) is 0 Å². The molecule has 2 aromatic rings. The number of benzene rings is 2. The fourth-order valence-corrected chi connectivity index (χ4v) is 1.95. The van der Waals surface area contributed by atoms with Crippen molar-refractivity contribution < 1.29 is 27.6 Å². The molecule has 1 amide bonds. The second-order valence-electron chi connectivity index (χ2n) is 5.05. The van der Waals surface area contributed by atoms with Crippen LogP contribution in [0.4, 0.5) is 24.5 Å². The second-order valence-corrected chi connectivity index (χ2v) is 5.05. The maximum absolute atomic E-state index is 12.5. The van der Waals surface area contributed by atoms with E-state index in [1.807, 2.05) is 0 Å². The van der Waals surface area contributed by atoms with Crippen LogP contribution in [0, 0.1) is 10.1 Å². The molecule has 0 unspecified atom stereocenters. The molecule has 0 heterocycles. The third-order valence-electron chi connectivity index (χ3n) is 3.22. The Morgan fingerprint density at radius 1 is 1.16 bits per heavy atom. The Labute approximate surface area is 140 Å². The Balaban J connectivity index is 2.05. The minimum atomic E-state index is -4.46. The first-order valence-electron chi connectivity index (χ1n) is 7.06. The molecule has 2 rings (SSSR count). The number of halogens is 3. The summed E-state index contributed by atoms with van der Waals surface area (Å²) >= 11 is 0. The van der Waals surface area contributed by atoms with Crippen LogP contribution < -0.4 is 10.1 Å². The van der Waals surface area contributed by atoms with Crippen LogP contribution >= 0.6 is 0 Å². The molecule has 9 heteroatoms. The van der Waals surface area contributed by atoms with E-state index in [1.165, 1.54) is 31.2 Å². The summed E-state index contributed by atoms with van der Waals surface area (Å²) in [5.74, 6) is -0.604. The zero-order valence-electron chi connectivity index (χ0n) is 12.9. The van der Waals surface area contributed by atoms with Crippen LogP contribution in [0.15, 0.2) is 48.5 Å². The van der Waals surface area contributed by atoms with Crippen molar-refractivity contribution in [1.82, 2.24) is 0 Å². The largest absolute Gasteiger partial charge is 0.481 e. The number of carbonyl (C=O) groups is 1. The Bertz CT molecular complexity index is 776. The highest BCUT2D eigenvalue weighted by atomic mass is 19.4. The third-order valence-corrected chi connectivity index (χ3v) is 3.22. The minimum Gasteiger partial charge on any atom is -0.481 e. The number of nitrogens with one attached hydrogen (secondary N) is 1. The molecular formula is C16H13F3N2O4. The minimum absolute atomic E-state index is 0.000342. The predicted molar refractivity (Wildman–Crippen MR) is 83.3 cm³/mol. The fraction of sp³-hybridized carbons (Fsp3) is 0.188. The van der Waals surface area contributed by atoms with Gasteiger partial charge in [-0.3, -0.25) is 14.9 Å². The van der Waals surface area contributed by atoms with Gasteiger partial charge in [-0.2, -0.15) is 13.2 Å². The van der Waals surface area contributed by atoms with Gasteiger partial charge in [0.05, 0.1) is 10.5 Å². The molecule has 0 aromatic heterocycles. The average Bonchev–Trinajstić information content (AvgIpc) is 2.54. The van der Waals surface area contributed by atoms with Crippen LogP contribution in [0.1, 0.15) is 12.5 Å². The van der Waals surface area contributed by atoms with Gasteiger partial charge in [-0.05, 0) is 37.3 Å². The molecule has 0 saturated carbocycles. The number of anilines is 1. The van der Waals surface area contributed by atoms with E-state index in [0.717, 1.165) is 24.3 Å². The van der Waals surface area contributed by atoms with Crippen molar-refractivity contribution >= 4 is 17.3 Å². The zero-order chi connectivity index (χ0) is 18.6. The Kier molecular flexibility index (Phi) is 5.26. The van der Waals surface area contributed by atoms with Crippen molar-refractivity contribution in [2.45, 2.75) is 19.2 Å². The SMILES string of the molecule is C[C@@H](Oc1ccc(C(F)(F)F)cc1)C(=O)Nc1ccccc1[N+](=O)[O-]. The van der Waals surface area contributed by atoms with Crippen LogP contribution in [-0.4, -0.2) is 16.9 Å². The molecule has 0 aliphatic heterocycles. The normalized spacial score (nSPS) is 12.3. The van der Waals surface area contributed by atoms with Crippen molar-refractivity contribution in [2.75, 3.05) is 5.32 Å². The lowest BCUT2D eigenvalue weighted by molar-refractivity contribution is -0.383. The standard InChI is InChI=1S/C16H13F3N2O4/c1-10(25-12-8-6-11(7-9-12)16(17,18)19)15(22)20-13-4-2-3-5-14(13)21(23)24/h2-10H,1H3,(H,20,22)/t10-/m1/s1. The van der Waals surface area contributed by atoms with Crippen LogP contribution in [-0.2, 0) is 11.0 Å². The van der Waals surface area contributed by atoms with Crippen molar-refractivity contribution in [1.29, 1.82) is 0 Å². The number of alkyl halides is 3. The Morgan fingerprint density at radius 3 is 2.32 bits per heavy atom. The number of amides is 1. The van der Waals surface area contributed by atoms with Gasteiger partial charge in [0.15, 0.2) is 6.10 Å². The van der Waals surface area contributed by atoms with Crippen LogP contribution in [0.2, 0.25) is 0 Å². The number of para-hydroxylation sites is 2. The van der Waals surface area contributed by atoms with Crippen molar-refractivity contribution in [2.24, 2.45) is 0 Å². The molecule has 1 N–H and O–H groups in total. The molecule has 1 atom stereocenters. The van der Waals surface area contributed by atoms with Gasteiger partial charge >= 0.3 is 6.18 Å². The summed E-state index contributed by atoms with van der Waals surface area (Å²) in [7, 11) is 0. The van der Waals surface area contributed by atoms with E-state index in [4.69, 9.17) is 4.74 Å². The molecule has 0 radical (unpaired) electrons. The molecule has 0 fully saturated rings. The number of nitro benzene ring substituents is 1. The van der Waals surface area contributed by atoms with Crippen LogP contribution in [0.25, 0.3) is 0 Å². The van der Waals surface area contributed by atoms with Crippen molar-refractivity contribution in [3.63, 3.8) is 0 Å². The Hall–Kier alpha value is -3.10. The van der Waals surface area contributed by atoms with E-state index in [1.54, 1.807) is 0 Å². The number of nitro groups is 1. The van der Waals surface area contributed by atoms with E-state index < -0.39 is 28.7 Å². The summed E-state index contributed by atoms with van der Waals surface area (Å²) in [5.41, 5.74) is -1.12. The van der Waals surface area contributed by atoms with E-state index in [0.29, 0.717) is 0 Å². The summed E-state index contributed by atoms with van der Waals surface area (Å²) in [6.45, 7) is 1.38. The molecular weight excluding hydrogens is 341 g/mol. The molecule has 132 valence electrons. The molecule has 25 heavy (non-hydrogen) atoms. The van der Waals surface area contributed by atoms with E-state index in [-0.39, 0.29) is 17.1 Å². The first-order valence-corrected chi connectivity index (χ1v) is 7.06. The molecule has 0 aliphatic carbocycles. The number of rotatable bonds is 5. The predicted octanol–water partition coefficient (Wildman–Crippen LogP) is 4.02. The van der Waals surface area contributed by atoms with Gasteiger partial charge < -0.3 is 10.1 Å². The number of carbonyl (C=O) groups excluding carboxylic acids is 1.